The summed E-state index contributed by atoms with van der Waals surface area (Å²) in [5, 5.41) is 8.87. The molecule has 0 aliphatic carbocycles. The summed E-state index contributed by atoms with van der Waals surface area (Å²) >= 11 is 0. The van der Waals surface area contributed by atoms with Crippen molar-refractivity contribution >= 4 is 17.5 Å². The van der Waals surface area contributed by atoms with Crippen molar-refractivity contribution in [1.29, 1.82) is 0 Å². The summed E-state index contributed by atoms with van der Waals surface area (Å²) in [5.74, 6) is -2.31. The van der Waals surface area contributed by atoms with E-state index < -0.39 is 29.6 Å². The molecule has 0 spiro atoms. The van der Waals surface area contributed by atoms with Crippen LogP contribution in [0, 0.1) is 6.92 Å². The van der Waals surface area contributed by atoms with E-state index in [9.17, 15) is 18.8 Å². The Morgan fingerprint density at radius 3 is 2.83 bits per heavy atom. The number of fused-ring (bicyclic) bond motifs is 1. The lowest BCUT2D eigenvalue weighted by Crippen LogP contribution is -2.40. The third-order valence-electron chi connectivity index (χ3n) is 3.99. The number of rotatable bonds is 2. The number of aryl methyl sites for hydroxylation is 1. The number of aromatic nitrogens is 2. The molecule has 1 aliphatic rings. The maximum absolute atomic E-state index is 14.1. The van der Waals surface area contributed by atoms with Gasteiger partial charge in [0.15, 0.2) is 0 Å². The van der Waals surface area contributed by atoms with E-state index in [4.69, 9.17) is 5.11 Å². The molecule has 1 aliphatic heterocycles. The van der Waals surface area contributed by atoms with Gasteiger partial charge in [0.1, 0.15) is 11.2 Å². The molecule has 2 aromatic heterocycles. The van der Waals surface area contributed by atoms with Crippen molar-refractivity contribution in [2.75, 3.05) is 13.1 Å². The average molecular weight is 319 g/mol. The summed E-state index contributed by atoms with van der Waals surface area (Å²) in [5.41, 5.74) is -1.92. The van der Waals surface area contributed by atoms with Crippen LogP contribution in [0.5, 0.6) is 0 Å². The van der Waals surface area contributed by atoms with Crippen LogP contribution < -0.4 is 5.56 Å². The molecule has 1 amide bonds. The van der Waals surface area contributed by atoms with Crippen molar-refractivity contribution in [3.05, 3.63) is 46.0 Å². The van der Waals surface area contributed by atoms with Gasteiger partial charge < -0.3 is 10.0 Å². The van der Waals surface area contributed by atoms with Crippen molar-refractivity contribution < 1.29 is 19.1 Å². The third-order valence-corrected chi connectivity index (χ3v) is 3.99. The number of pyridine rings is 1. The molecular formula is C15H14FN3O4. The summed E-state index contributed by atoms with van der Waals surface area (Å²) in [6.45, 7) is 1.22. The van der Waals surface area contributed by atoms with E-state index in [1.807, 2.05) is 6.92 Å². The van der Waals surface area contributed by atoms with Crippen LogP contribution in [0.1, 0.15) is 22.3 Å². The van der Waals surface area contributed by atoms with Crippen LogP contribution in [0.15, 0.2) is 29.3 Å². The molecule has 1 fully saturated rings. The Hall–Kier alpha value is -2.77. The molecule has 1 saturated heterocycles. The highest BCUT2D eigenvalue weighted by Gasteiger charge is 2.47. The van der Waals surface area contributed by atoms with Gasteiger partial charge in [0, 0.05) is 25.4 Å². The number of likely N-dealkylation sites (tertiary alicyclic amines) is 1. The fourth-order valence-corrected chi connectivity index (χ4v) is 2.61. The van der Waals surface area contributed by atoms with Gasteiger partial charge in [-0.15, -0.1) is 0 Å². The molecule has 0 saturated carbocycles. The Morgan fingerprint density at radius 1 is 1.43 bits per heavy atom. The molecule has 23 heavy (non-hydrogen) atoms. The second-order valence-electron chi connectivity index (χ2n) is 5.66. The highest BCUT2D eigenvalue weighted by molar-refractivity contribution is 5.95. The van der Waals surface area contributed by atoms with Crippen LogP contribution >= 0.6 is 0 Å². The SMILES string of the molecule is Cc1ccn2c(=O)c(C(=O)N3CCC(F)(C(=O)O)C3)cnc2c1. The Labute approximate surface area is 130 Å². The van der Waals surface area contributed by atoms with Crippen LogP contribution in [0.3, 0.4) is 0 Å². The fraction of sp³-hybridized carbons (Fsp3) is 0.333. The third kappa shape index (κ3) is 2.45. The second kappa shape index (κ2) is 5.15. The van der Waals surface area contributed by atoms with E-state index in [-0.39, 0.29) is 18.5 Å². The van der Waals surface area contributed by atoms with E-state index in [1.54, 1.807) is 12.1 Å². The smallest absolute Gasteiger partial charge is 0.343 e. The zero-order chi connectivity index (χ0) is 16.8. The molecule has 0 bridgehead atoms. The summed E-state index contributed by atoms with van der Waals surface area (Å²) in [6, 6.07) is 3.40. The maximum atomic E-state index is 14.1. The lowest BCUT2D eigenvalue weighted by Gasteiger charge is -2.17. The lowest BCUT2D eigenvalue weighted by molar-refractivity contribution is -0.149. The Kier molecular flexibility index (Phi) is 3.39. The van der Waals surface area contributed by atoms with Crippen molar-refractivity contribution in [2.45, 2.75) is 19.0 Å². The number of carboxylic acid groups (broad SMARTS) is 1. The molecule has 3 rings (SSSR count). The molecule has 7 nitrogen and oxygen atoms in total. The van der Waals surface area contributed by atoms with Gasteiger partial charge in [-0.3, -0.25) is 14.0 Å². The summed E-state index contributed by atoms with van der Waals surface area (Å²) in [6.07, 6.45) is 2.37. The number of hydrogen-bond acceptors (Lipinski definition) is 4. The minimum atomic E-state index is -2.47. The van der Waals surface area contributed by atoms with Gasteiger partial charge >= 0.3 is 5.97 Å². The minimum absolute atomic E-state index is 0.0579. The highest BCUT2D eigenvalue weighted by Crippen LogP contribution is 2.26. The number of amides is 1. The normalized spacial score (nSPS) is 20.9. The second-order valence-corrected chi connectivity index (χ2v) is 5.66. The van der Waals surface area contributed by atoms with E-state index in [2.05, 4.69) is 4.98 Å². The number of alkyl halides is 1. The molecule has 2 aromatic rings. The molecule has 8 heteroatoms. The fourth-order valence-electron chi connectivity index (χ4n) is 2.61. The molecule has 0 aromatic carbocycles. The number of hydrogen-bond donors (Lipinski definition) is 1. The predicted octanol–water partition coefficient (Wildman–Crippen LogP) is 0.642. The van der Waals surface area contributed by atoms with Crippen LogP contribution in [0.4, 0.5) is 4.39 Å². The Balaban J connectivity index is 1.96. The van der Waals surface area contributed by atoms with E-state index >= 15 is 0 Å². The number of carbonyl (C=O) groups is 2. The highest BCUT2D eigenvalue weighted by atomic mass is 19.1. The first-order chi connectivity index (χ1) is 10.8. The largest absolute Gasteiger partial charge is 0.479 e. The van der Waals surface area contributed by atoms with Gasteiger partial charge in [-0.2, -0.15) is 0 Å². The first kappa shape index (κ1) is 15.1. The van der Waals surface area contributed by atoms with E-state index in [0.717, 1.165) is 16.7 Å². The minimum Gasteiger partial charge on any atom is -0.479 e. The molecular weight excluding hydrogens is 305 g/mol. The Bertz CT molecular complexity index is 879. The van der Waals surface area contributed by atoms with Gasteiger partial charge in [-0.05, 0) is 24.6 Å². The quantitative estimate of drug-likeness (QED) is 0.877. The number of carboxylic acids is 1. The van der Waals surface area contributed by atoms with Crippen LogP contribution in [-0.2, 0) is 4.79 Å². The predicted molar refractivity (Wildman–Crippen MR) is 78.2 cm³/mol. The van der Waals surface area contributed by atoms with Crippen LogP contribution in [0.2, 0.25) is 0 Å². The van der Waals surface area contributed by atoms with Gasteiger partial charge in [0.05, 0.1) is 6.54 Å². The van der Waals surface area contributed by atoms with Gasteiger partial charge in [0.2, 0.25) is 5.67 Å². The molecule has 1 unspecified atom stereocenters. The monoisotopic (exact) mass is 319 g/mol. The van der Waals surface area contributed by atoms with Crippen LogP contribution in [-0.4, -0.2) is 50.0 Å². The standard InChI is InChI=1S/C15H14FN3O4/c1-9-2-4-19-11(6-9)17-7-10(13(19)21)12(20)18-5-3-15(16,8-18)14(22)23/h2,4,6-7H,3,5,8H2,1H3,(H,22,23). The number of carbonyl (C=O) groups excluding carboxylic acids is 1. The van der Waals surface area contributed by atoms with Crippen molar-refractivity contribution in [1.82, 2.24) is 14.3 Å². The van der Waals surface area contributed by atoms with Gasteiger partial charge in [0.25, 0.3) is 11.5 Å². The first-order valence-electron chi connectivity index (χ1n) is 7.01. The molecule has 0 radical (unpaired) electrons. The van der Waals surface area contributed by atoms with Crippen LogP contribution in [0.25, 0.3) is 5.65 Å². The van der Waals surface area contributed by atoms with E-state index in [1.165, 1.54) is 10.6 Å². The number of aliphatic carboxylic acids is 1. The maximum Gasteiger partial charge on any atom is 0.343 e. The van der Waals surface area contributed by atoms with Gasteiger partial charge in [-0.25, -0.2) is 14.2 Å². The van der Waals surface area contributed by atoms with E-state index in [0.29, 0.717) is 5.65 Å². The van der Waals surface area contributed by atoms with Gasteiger partial charge in [-0.1, -0.05) is 0 Å². The van der Waals surface area contributed by atoms with Crippen molar-refractivity contribution in [3.8, 4) is 0 Å². The van der Waals surface area contributed by atoms with Crippen molar-refractivity contribution in [2.24, 2.45) is 0 Å². The zero-order valence-electron chi connectivity index (χ0n) is 12.3. The summed E-state index contributed by atoms with van der Waals surface area (Å²) in [7, 11) is 0. The lowest BCUT2D eigenvalue weighted by atomic mass is 10.1. The average Bonchev–Trinajstić information content (AvgIpc) is 2.91. The first-order valence-corrected chi connectivity index (χ1v) is 7.01. The number of halogens is 1. The molecule has 1 N–H and O–H groups in total. The van der Waals surface area contributed by atoms with Crippen molar-refractivity contribution in [3.63, 3.8) is 0 Å². The molecule has 1 atom stereocenters. The molecule has 120 valence electrons. The summed E-state index contributed by atoms with van der Waals surface area (Å²) in [4.78, 5) is 40.8. The summed E-state index contributed by atoms with van der Waals surface area (Å²) < 4.78 is 15.3. The Morgan fingerprint density at radius 2 is 2.17 bits per heavy atom. The topological polar surface area (TPSA) is 92.0 Å². The number of nitrogens with zero attached hydrogens (tertiary/aromatic N) is 3. The zero-order valence-corrected chi connectivity index (χ0v) is 12.3. The molecule has 3 heterocycles.